The predicted molar refractivity (Wildman–Crippen MR) is 84.3 cm³/mol. The van der Waals surface area contributed by atoms with Gasteiger partial charge in [-0.05, 0) is 18.3 Å². The van der Waals surface area contributed by atoms with Crippen molar-refractivity contribution in [3.8, 4) is 0 Å². The molecule has 1 saturated heterocycles. The molecule has 1 aromatic rings. The number of aromatic nitrogens is 2. The number of nitrogens with zero attached hydrogens (tertiary/aromatic N) is 4. The molecule has 0 aromatic carbocycles. The van der Waals surface area contributed by atoms with E-state index in [2.05, 4.69) is 4.98 Å². The van der Waals surface area contributed by atoms with Gasteiger partial charge in [-0.3, -0.25) is 4.79 Å². The van der Waals surface area contributed by atoms with E-state index in [1.165, 1.54) is 4.90 Å². The summed E-state index contributed by atoms with van der Waals surface area (Å²) < 4.78 is 1.86. The first kappa shape index (κ1) is 15.8. The van der Waals surface area contributed by atoms with Gasteiger partial charge in [-0.25, -0.2) is 9.78 Å². The molecule has 1 N–H and O–H groups in total. The lowest BCUT2D eigenvalue weighted by Gasteiger charge is -2.50. The van der Waals surface area contributed by atoms with Gasteiger partial charge in [0.1, 0.15) is 0 Å². The summed E-state index contributed by atoms with van der Waals surface area (Å²) in [4.78, 5) is 32.0. The normalized spacial score (nSPS) is 25.4. The quantitative estimate of drug-likeness (QED) is 0.857. The molecule has 0 radical (unpaired) electrons. The third-order valence-corrected chi connectivity index (χ3v) is 4.88. The van der Waals surface area contributed by atoms with E-state index in [0.29, 0.717) is 25.5 Å². The lowest BCUT2D eigenvalue weighted by molar-refractivity contribution is -0.00792. The molecule has 1 aromatic heterocycles. The highest BCUT2D eigenvalue weighted by atomic mass is 16.4. The molecule has 3 heterocycles. The second kappa shape index (κ2) is 5.54. The largest absolute Gasteiger partial charge is 0.465 e. The summed E-state index contributed by atoms with van der Waals surface area (Å²) >= 11 is 0. The summed E-state index contributed by atoms with van der Waals surface area (Å²) in [7, 11) is 0. The molecule has 126 valence electrons. The average molecular weight is 320 g/mol. The van der Waals surface area contributed by atoms with E-state index in [4.69, 9.17) is 0 Å². The van der Waals surface area contributed by atoms with E-state index in [1.807, 2.05) is 36.4 Å². The van der Waals surface area contributed by atoms with Crippen LogP contribution in [0.3, 0.4) is 0 Å². The van der Waals surface area contributed by atoms with Gasteiger partial charge in [0.05, 0.1) is 12.1 Å². The van der Waals surface area contributed by atoms with Gasteiger partial charge < -0.3 is 19.5 Å². The third-order valence-electron chi connectivity index (χ3n) is 4.88. The summed E-state index contributed by atoms with van der Waals surface area (Å²) in [6, 6.07) is -0.308. The molecule has 0 aliphatic carbocycles. The van der Waals surface area contributed by atoms with E-state index in [0.717, 1.165) is 12.8 Å². The Bertz CT molecular complexity index is 619. The summed E-state index contributed by atoms with van der Waals surface area (Å²) in [6.07, 6.45) is 4.17. The Morgan fingerprint density at radius 2 is 2.04 bits per heavy atom. The number of rotatable bonds is 1. The van der Waals surface area contributed by atoms with Crippen molar-refractivity contribution in [1.29, 1.82) is 0 Å². The number of likely N-dealkylation sites (tertiary alicyclic amines) is 1. The minimum absolute atomic E-state index is 0.0901. The second-order valence-electron chi connectivity index (χ2n) is 7.44. The number of fused-ring (bicyclic) bond motifs is 1. The van der Waals surface area contributed by atoms with E-state index < -0.39 is 6.09 Å². The van der Waals surface area contributed by atoms with Crippen molar-refractivity contribution >= 4 is 12.0 Å². The molecule has 2 unspecified atom stereocenters. The molecule has 3 rings (SSSR count). The van der Waals surface area contributed by atoms with Crippen LogP contribution >= 0.6 is 0 Å². The Morgan fingerprint density at radius 1 is 1.30 bits per heavy atom. The van der Waals surface area contributed by atoms with E-state index >= 15 is 0 Å². The third kappa shape index (κ3) is 2.68. The minimum Gasteiger partial charge on any atom is -0.465 e. The van der Waals surface area contributed by atoms with Crippen LogP contribution in [-0.2, 0) is 6.54 Å². The fraction of sp³-hybridized carbons (Fsp3) is 0.688. The van der Waals surface area contributed by atoms with Crippen LogP contribution in [0, 0.1) is 5.41 Å². The number of carbonyl (C=O) groups is 2. The molecule has 0 spiro atoms. The molecule has 1 fully saturated rings. The molecule has 2 amide bonds. The summed E-state index contributed by atoms with van der Waals surface area (Å²) in [6.45, 7) is 7.97. The highest BCUT2D eigenvalue weighted by Gasteiger charge is 2.46. The fourth-order valence-corrected chi connectivity index (χ4v) is 4.01. The van der Waals surface area contributed by atoms with E-state index in [-0.39, 0.29) is 23.4 Å². The Labute approximate surface area is 135 Å². The lowest BCUT2D eigenvalue weighted by Crippen LogP contribution is -2.63. The molecule has 2 aliphatic heterocycles. The SMILES string of the molecule is CC(C)(C)C1C(N2CCn3ccnc3C2=O)CCCN1C(=O)O. The Balaban J connectivity index is 1.94. The first-order chi connectivity index (χ1) is 10.8. The maximum absolute atomic E-state index is 12.8. The minimum atomic E-state index is -0.902. The van der Waals surface area contributed by atoms with Gasteiger partial charge >= 0.3 is 6.09 Å². The van der Waals surface area contributed by atoms with Crippen molar-refractivity contribution in [2.24, 2.45) is 5.41 Å². The highest BCUT2D eigenvalue weighted by molar-refractivity contribution is 5.91. The number of imidazole rings is 1. The zero-order valence-corrected chi connectivity index (χ0v) is 13.9. The standard InChI is InChI=1S/C16H24N4O3/c1-16(2,3)12-11(5-4-7-20(12)15(22)23)19-10-9-18-8-6-17-13(18)14(19)21/h6,8,11-12H,4-5,7,9-10H2,1-3H3,(H,22,23). The van der Waals surface area contributed by atoms with Crippen molar-refractivity contribution < 1.29 is 14.7 Å². The molecule has 2 atom stereocenters. The van der Waals surface area contributed by atoms with Gasteiger partial charge in [0.2, 0.25) is 0 Å². The van der Waals surface area contributed by atoms with E-state index in [1.54, 1.807) is 6.20 Å². The van der Waals surface area contributed by atoms with Gasteiger partial charge in [0, 0.05) is 32.0 Å². The van der Waals surface area contributed by atoms with Crippen LogP contribution in [0.25, 0.3) is 0 Å². The first-order valence-electron chi connectivity index (χ1n) is 8.12. The van der Waals surface area contributed by atoms with Crippen LogP contribution in [0.4, 0.5) is 4.79 Å². The number of amides is 2. The monoisotopic (exact) mass is 320 g/mol. The van der Waals surface area contributed by atoms with Crippen LogP contribution in [0.15, 0.2) is 12.4 Å². The number of piperidine rings is 1. The number of carbonyl (C=O) groups excluding carboxylic acids is 1. The van der Waals surface area contributed by atoms with Crippen LogP contribution < -0.4 is 0 Å². The number of hydrogen-bond donors (Lipinski definition) is 1. The molecule has 0 saturated carbocycles. The maximum Gasteiger partial charge on any atom is 0.407 e. The van der Waals surface area contributed by atoms with Crippen LogP contribution in [0.2, 0.25) is 0 Å². The van der Waals surface area contributed by atoms with Gasteiger partial charge in [0.15, 0.2) is 5.82 Å². The zero-order valence-electron chi connectivity index (χ0n) is 13.9. The highest BCUT2D eigenvalue weighted by Crippen LogP contribution is 2.36. The Morgan fingerprint density at radius 3 is 2.70 bits per heavy atom. The van der Waals surface area contributed by atoms with Crippen LogP contribution in [0.5, 0.6) is 0 Å². The fourth-order valence-electron chi connectivity index (χ4n) is 4.01. The topological polar surface area (TPSA) is 78.7 Å². The van der Waals surface area contributed by atoms with Crippen molar-refractivity contribution in [1.82, 2.24) is 19.4 Å². The average Bonchev–Trinajstić information content (AvgIpc) is 2.95. The number of hydrogen-bond acceptors (Lipinski definition) is 3. The van der Waals surface area contributed by atoms with Gasteiger partial charge in [0.25, 0.3) is 5.91 Å². The van der Waals surface area contributed by atoms with Crippen molar-refractivity contribution in [2.45, 2.75) is 52.2 Å². The Kier molecular flexibility index (Phi) is 3.82. The number of carboxylic acid groups (broad SMARTS) is 1. The van der Waals surface area contributed by atoms with Crippen molar-refractivity contribution in [3.05, 3.63) is 18.2 Å². The molecule has 7 nitrogen and oxygen atoms in total. The van der Waals surface area contributed by atoms with E-state index in [9.17, 15) is 14.7 Å². The van der Waals surface area contributed by atoms with Crippen LogP contribution in [-0.4, -0.2) is 61.6 Å². The zero-order chi connectivity index (χ0) is 16.8. The lowest BCUT2D eigenvalue weighted by atomic mass is 9.77. The first-order valence-corrected chi connectivity index (χ1v) is 8.12. The summed E-state index contributed by atoms with van der Waals surface area (Å²) in [5, 5.41) is 9.58. The predicted octanol–water partition coefficient (Wildman–Crippen LogP) is 1.90. The van der Waals surface area contributed by atoms with Gasteiger partial charge in [-0.2, -0.15) is 0 Å². The van der Waals surface area contributed by atoms with Crippen molar-refractivity contribution in [3.63, 3.8) is 0 Å². The second-order valence-corrected chi connectivity index (χ2v) is 7.44. The Hall–Kier alpha value is -2.05. The van der Waals surface area contributed by atoms with Gasteiger partial charge in [-0.15, -0.1) is 0 Å². The maximum atomic E-state index is 12.8. The smallest absolute Gasteiger partial charge is 0.407 e. The molecular formula is C16H24N4O3. The molecule has 2 aliphatic rings. The molecule has 23 heavy (non-hydrogen) atoms. The van der Waals surface area contributed by atoms with Crippen molar-refractivity contribution in [2.75, 3.05) is 13.1 Å². The molecule has 7 heteroatoms. The van der Waals surface area contributed by atoms with Crippen LogP contribution in [0.1, 0.15) is 44.2 Å². The summed E-state index contributed by atoms with van der Waals surface area (Å²) in [5.74, 6) is 0.365. The van der Waals surface area contributed by atoms with Gasteiger partial charge in [-0.1, -0.05) is 20.8 Å². The summed E-state index contributed by atoms with van der Waals surface area (Å²) in [5.41, 5.74) is -0.239. The molecular weight excluding hydrogens is 296 g/mol. The molecule has 0 bridgehead atoms.